The van der Waals surface area contributed by atoms with Crippen molar-refractivity contribution in [3.8, 4) is 0 Å². The van der Waals surface area contributed by atoms with Crippen LogP contribution in [0.1, 0.15) is 30.6 Å². The Kier molecular flexibility index (Phi) is 5.19. The molecule has 0 aromatic heterocycles. The lowest BCUT2D eigenvalue weighted by atomic mass is 10.1. The fraction of sp³-hybridized carbons (Fsp3) is 0.556. The van der Waals surface area contributed by atoms with E-state index in [1.807, 2.05) is 24.8 Å². The number of rotatable bonds is 4. The minimum absolute atomic E-state index is 0.00753. The Morgan fingerprint density at radius 2 is 2.03 bits per heavy atom. The molecule has 11 heteroatoms. The van der Waals surface area contributed by atoms with Gasteiger partial charge in [-0.3, -0.25) is 4.79 Å². The molecule has 1 aromatic carbocycles. The largest absolute Gasteiger partial charge is 0.334 e. The lowest BCUT2D eigenvalue weighted by Gasteiger charge is -2.30. The number of carbonyl (C=O) groups is 1. The normalized spacial score (nSPS) is 24.2. The van der Waals surface area contributed by atoms with E-state index >= 15 is 0 Å². The van der Waals surface area contributed by atoms with Gasteiger partial charge in [-0.2, -0.15) is 0 Å². The second-order valence-electron chi connectivity index (χ2n) is 8.00. The van der Waals surface area contributed by atoms with Gasteiger partial charge in [-0.1, -0.05) is 13.8 Å². The van der Waals surface area contributed by atoms with E-state index in [2.05, 4.69) is 4.40 Å². The third-order valence-electron chi connectivity index (χ3n) is 5.19. The summed E-state index contributed by atoms with van der Waals surface area (Å²) in [5.41, 5.74) is 1.32. The zero-order valence-corrected chi connectivity index (χ0v) is 18.7. The highest BCUT2D eigenvalue weighted by Crippen LogP contribution is 2.42. The number of amidine groups is 1. The molecule has 158 valence electrons. The van der Waals surface area contributed by atoms with Gasteiger partial charge in [-0.25, -0.2) is 16.8 Å². The van der Waals surface area contributed by atoms with E-state index in [4.69, 9.17) is 0 Å². The molecule has 0 saturated carbocycles. The number of thioether (sulfide) groups is 1. The van der Waals surface area contributed by atoms with Crippen molar-refractivity contribution in [3.63, 3.8) is 0 Å². The molecular weight excluding hydrogens is 434 g/mol. The molecule has 0 aliphatic carbocycles. The highest BCUT2D eigenvalue weighted by Gasteiger charge is 2.37. The quantitative estimate of drug-likeness (QED) is 0.676. The first-order valence-corrected chi connectivity index (χ1v) is 13.7. The van der Waals surface area contributed by atoms with Gasteiger partial charge in [-0.05, 0) is 42.3 Å². The Morgan fingerprint density at radius 1 is 1.28 bits per heavy atom. The molecule has 4 rings (SSSR count). The van der Waals surface area contributed by atoms with Gasteiger partial charge >= 0.3 is 0 Å². The van der Waals surface area contributed by atoms with Crippen LogP contribution in [0.5, 0.6) is 0 Å². The van der Waals surface area contributed by atoms with Gasteiger partial charge in [-0.15, -0.1) is 4.40 Å². The number of hydrogen-bond acceptors (Lipinski definition) is 7. The van der Waals surface area contributed by atoms with Gasteiger partial charge in [0.05, 0.1) is 22.9 Å². The van der Waals surface area contributed by atoms with Crippen LogP contribution in [0.3, 0.4) is 0 Å². The first-order valence-electron chi connectivity index (χ1n) is 9.48. The van der Waals surface area contributed by atoms with Crippen LogP contribution in [0.2, 0.25) is 0 Å². The summed E-state index contributed by atoms with van der Waals surface area (Å²) >= 11 is 1.24. The van der Waals surface area contributed by atoms with Crippen LogP contribution in [-0.2, 0) is 19.9 Å². The molecule has 1 saturated heterocycles. The van der Waals surface area contributed by atoms with Crippen molar-refractivity contribution in [1.29, 1.82) is 0 Å². The Hall–Kier alpha value is -1.59. The molecular formula is C18H23N3O5S3. The summed E-state index contributed by atoms with van der Waals surface area (Å²) in [4.78, 5) is 17.6. The number of sulfonamides is 1. The topological polar surface area (TPSA) is 104 Å². The summed E-state index contributed by atoms with van der Waals surface area (Å²) in [7, 11) is -6.54. The minimum atomic E-state index is -3.44. The number of sulfone groups is 1. The Labute approximate surface area is 175 Å². The average molecular weight is 458 g/mol. The highest BCUT2D eigenvalue weighted by atomic mass is 32.2. The third kappa shape index (κ3) is 4.17. The van der Waals surface area contributed by atoms with Crippen LogP contribution in [-0.4, -0.2) is 69.2 Å². The van der Waals surface area contributed by atoms with E-state index < -0.39 is 19.9 Å². The number of fused-ring (bicyclic) bond motifs is 3. The summed E-state index contributed by atoms with van der Waals surface area (Å²) in [6.07, 6.45) is 0.461. The molecule has 1 fully saturated rings. The standard InChI is InChI=1S/C18H23N3O5S3/c1-12(2)10-21(14-5-7-28(23,24)11-14)17(22)13-3-4-15-16(9-13)27-18-19-29(25,26)8-6-20(15)18/h3-4,9,12,14H,5-8,10-11H2,1-2H3/t14-/m0/s1. The van der Waals surface area contributed by atoms with Crippen molar-refractivity contribution in [2.45, 2.75) is 31.2 Å². The van der Waals surface area contributed by atoms with Crippen molar-refractivity contribution in [2.75, 3.05) is 35.2 Å². The molecule has 3 heterocycles. The SMILES string of the molecule is CC(C)CN(C(=O)c1ccc2c(c1)SC1=NS(=O)(=O)CCN12)[C@H]1CCS(=O)(=O)C1. The van der Waals surface area contributed by atoms with Crippen LogP contribution in [0.4, 0.5) is 5.69 Å². The maximum Gasteiger partial charge on any atom is 0.257 e. The number of carbonyl (C=O) groups excluding carboxylic acids is 1. The number of hydrogen-bond donors (Lipinski definition) is 0. The Morgan fingerprint density at radius 3 is 2.69 bits per heavy atom. The van der Waals surface area contributed by atoms with Crippen molar-refractivity contribution >= 4 is 48.4 Å². The second kappa shape index (κ2) is 7.28. The fourth-order valence-electron chi connectivity index (χ4n) is 3.84. The van der Waals surface area contributed by atoms with E-state index in [0.29, 0.717) is 30.2 Å². The molecule has 1 atom stereocenters. The van der Waals surface area contributed by atoms with Gasteiger partial charge in [0.2, 0.25) is 0 Å². The van der Waals surface area contributed by atoms with E-state index in [9.17, 15) is 21.6 Å². The first kappa shape index (κ1) is 20.7. The van der Waals surface area contributed by atoms with E-state index in [0.717, 1.165) is 10.6 Å². The smallest absolute Gasteiger partial charge is 0.257 e. The van der Waals surface area contributed by atoms with Crippen molar-refractivity contribution in [1.82, 2.24) is 4.90 Å². The number of nitrogens with zero attached hydrogens (tertiary/aromatic N) is 3. The maximum atomic E-state index is 13.3. The average Bonchev–Trinajstić information content (AvgIpc) is 3.16. The number of benzene rings is 1. The first-order chi connectivity index (χ1) is 13.5. The predicted octanol–water partition coefficient (Wildman–Crippen LogP) is 1.58. The van der Waals surface area contributed by atoms with Gasteiger partial charge in [0.1, 0.15) is 0 Å². The third-order valence-corrected chi connectivity index (χ3v) is 9.25. The van der Waals surface area contributed by atoms with Gasteiger partial charge in [0, 0.05) is 29.6 Å². The van der Waals surface area contributed by atoms with Gasteiger partial charge in [0.25, 0.3) is 15.9 Å². The van der Waals surface area contributed by atoms with Crippen molar-refractivity contribution in [2.24, 2.45) is 10.3 Å². The van der Waals surface area contributed by atoms with Crippen LogP contribution in [0.25, 0.3) is 0 Å². The monoisotopic (exact) mass is 457 g/mol. The summed E-state index contributed by atoms with van der Waals surface area (Å²) in [5, 5.41) is 0.414. The van der Waals surface area contributed by atoms with E-state index in [1.54, 1.807) is 17.0 Å². The zero-order chi connectivity index (χ0) is 21.0. The molecule has 8 nitrogen and oxygen atoms in total. The van der Waals surface area contributed by atoms with Gasteiger partial charge < -0.3 is 9.80 Å². The van der Waals surface area contributed by atoms with Crippen molar-refractivity contribution < 1.29 is 21.6 Å². The molecule has 0 radical (unpaired) electrons. The lowest BCUT2D eigenvalue weighted by molar-refractivity contribution is 0.0672. The molecule has 0 unspecified atom stereocenters. The molecule has 1 aromatic rings. The lowest BCUT2D eigenvalue weighted by Crippen LogP contribution is -2.43. The maximum absolute atomic E-state index is 13.3. The van der Waals surface area contributed by atoms with Crippen LogP contribution >= 0.6 is 11.8 Å². The Bertz CT molecular complexity index is 1100. The van der Waals surface area contributed by atoms with Crippen LogP contribution < -0.4 is 4.90 Å². The molecule has 29 heavy (non-hydrogen) atoms. The molecule has 0 N–H and O–H groups in total. The van der Waals surface area contributed by atoms with E-state index in [-0.39, 0.29) is 35.1 Å². The molecule has 1 amide bonds. The predicted molar refractivity (Wildman–Crippen MR) is 114 cm³/mol. The summed E-state index contributed by atoms with van der Waals surface area (Å²) < 4.78 is 51.2. The minimum Gasteiger partial charge on any atom is -0.334 e. The summed E-state index contributed by atoms with van der Waals surface area (Å²) in [6, 6.07) is 4.99. The van der Waals surface area contributed by atoms with E-state index in [1.165, 1.54) is 11.8 Å². The summed E-state index contributed by atoms with van der Waals surface area (Å²) in [5.74, 6) is 0.106. The second-order valence-corrected chi connectivity index (χ2v) is 13.0. The highest BCUT2D eigenvalue weighted by molar-refractivity contribution is 8.15. The number of anilines is 1. The molecule has 3 aliphatic heterocycles. The Balaban J connectivity index is 1.62. The molecule has 3 aliphatic rings. The van der Waals surface area contributed by atoms with Crippen LogP contribution in [0, 0.1) is 5.92 Å². The number of amides is 1. The molecule has 0 spiro atoms. The van der Waals surface area contributed by atoms with Crippen LogP contribution in [0.15, 0.2) is 27.5 Å². The zero-order valence-electron chi connectivity index (χ0n) is 16.2. The summed E-state index contributed by atoms with van der Waals surface area (Å²) in [6.45, 7) is 4.83. The molecule has 0 bridgehead atoms. The van der Waals surface area contributed by atoms with Crippen molar-refractivity contribution in [3.05, 3.63) is 23.8 Å². The van der Waals surface area contributed by atoms with Gasteiger partial charge in [0.15, 0.2) is 15.0 Å². The fourth-order valence-corrected chi connectivity index (χ4v) is 7.87.